The highest BCUT2D eigenvalue weighted by molar-refractivity contribution is 6.32. The monoisotopic (exact) mass is 223 g/mol. The zero-order valence-electron chi connectivity index (χ0n) is 7.65. The minimum Gasteiger partial charge on any atom is -0.434 e. The molecule has 0 spiro atoms. The fraction of sp³-hybridized carbons (Fsp3) is 0. The van der Waals surface area contributed by atoms with Gasteiger partial charge < -0.3 is 4.74 Å². The Kier molecular flexibility index (Phi) is 2.83. The fourth-order valence-electron chi connectivity index (χ4n) is 1.09. The number of benzene rings is 1. The van der Waals surface area contributed by atoms with E-state index < -0.39 is 5.82 Å². The molecule has 2 nitrogen and oxygen atoms in total. The van der Waals surface area contributed by atoms with Crippen molar-refractivity contribution in [1.82, 2.24) is 4.98 Å². The first-order valence-electron chi connectivity index (χ1n) is 4.30. The van der Waals surface area contributed by atoms with Crippen molar-refractivity contribution in [2.75, 3.05) is 0 Å². The average molecular weight is 224 g/mol. The first kappa shape index (κ1) is 9.93. The number of para-hydroxylation sites is 1. The second kappa shape index (κ2) is 4.28. The van der Waals surface area contributed by atoms with Gasteiger partial charge in [0.15, 0.2) is 11.6 Å². The number of hydrogen-bond acceptors (Lipinski definition) is 2. The van der Waals surface area contributed by atoms with Crippen LogP contribution >= 0.6 is 11.6 Å². The molecule has 0 aliphatic heterocycles. The first-order valence-corrected chi connectivity index (χ1v) is 4.68. The molecule has 1 aromatic carbocycles. The Morgan fingerprint density at radius 3 is 2.67 bits per heavy atom. The van der Waals surface area contributed by atoms with Gasteiger partial charge in [0.25, 0.3) is 0 Å². The van der Waals surface area contributed by atoms with Gasteiger partial charge in [-0.25, -0.2) is 9.37 Å². The smallest absolute Gasteiger partial charge is 0.219 e. The summed E-state index contributed by atoms with van der Waals surface area (Å²) in [5, 5.41) is 0.223. The van der Waals surface area contributed by atoms with E-state index in [0.717, 1.165) is 0 Å². The quantitative estimate of drug-likeness (QED) is 0.775. The fourth-order valence-corrected chi connectivity index (χ4v) is 1.29. The number of halogens is 2. The Balaban J connectivity index is 2.32. The number of nitrogens with zero attached hydrogens (tertiary/aromatic N) is 1. The van der Waals surface area contributed by atoms with Crippen LogP contribution in [0.25, 0.3) is 0 Å². The van der Waals surface area contributed by atoms with Crippen molar-refractivity contribution in [2.24, 2.45) is 0 Å². The van der Waals surface area contributed by atoms with E-state index in [1.807, 2.05) is 0 Å². The lowest BCUT2D eigenvalue weighted by atomic mass is 10.3. The van der Waals surface area contributed by atoms with Gasteiger partial charge in [-0.2, -0.15) is 0 Å². The summed E-state index contributed by atoms with van der Waals surface area (Å²) >= 11 is 5.79. The van der Waals surface area contributed by atoms with Gasteiger partial charge in [-0.3, -0.25) is 0 Å². The number of rotatable bonds is 2. The molecule has 0 amide bonds. The number of pyridine rings is 1. The molecule has 0 aliphatic rings. The maximum atomic E-state index is 13.3. The Morgan fingerprint density at radius 2 is 2.00 bits per heavy atom. The molecule has 0 saturated heterocycles. The zero-order valence-corrected chi connectivity index (χ0v) is 8.41. The van der Waals surface area contributed by atoms with Crippen LogP contribution in [0.5, 0.6) is 11.6 Å². The molecule has 15 heavy (non-hydrogen) atoms. The molecule has 0 bridgehead atoms. The molecule has 76 valence electrons. The highest BCUT2D eigenvalue weighted by Gasteiger charge is 2.09. The molecule has 0 fully saturated rings. The van der Waals surface area contributed by atoms with Crippen LogP contribution in [0.1, 0.15) is 0 Å². The van der Waals surface area contributed by atoms with Gasteiger partial charge in [-0.15, -0.1) is 0 Å². The summed E-state index contributed by atoms with van der Waals surface area (Å²) in [5.74, 6) is -0.199. The van der Waals surface area contributed by atoms with E-state index in [2.05, 4.69) is 4.98 Å². The van der Waals surface area contributed by atoms with Crippen molar-refractivity contribution < 1.29 is 9.13 Å². The molecule has 0 atom stereocenters. The third-order valence-corrected chi connectivity index (χ3v) is 2.06. The van der Waals surface area contributed by atoms with Gasteiger partial charge in [0.05, 0.1) is 5.02 Å². The molecule has 0 unspecified atom stereocenters. The van der Waals surface area contributed by atoms with E-state index in [9.17, 15) is 4.39 Å². The summed E-state index contributed by atoms with van der Waals surface area (Å²) in [5.41, 5.74) is 0. The molecule has 0 saturated carbocycles. The van der Waals surface area contributed by atoms with Crippen molar-refractivity contribution in [3.63, 3.8) is 0 Å². The third kappa shape index (κ3) is 2.25. The van der Waals surface area contributed by atoms with Crippen LogP contribution in [0.4, 0.5) is 4.39 Å². The molecule has 2 aromatic rings. The molecular formula is C11H7ClFNO. The Labute approximate surface area is 91.3 Å². The molecule has 1 aromatic heterocycles. The van der Waals surface area contributed by atoms with Gasteiger partial charge in [-0.1, -0.05) is 23.7 Å². The van der Waals surface area contributed by atoms with Gasteiger partial charge in [-0.05, 0) is 18.2 Å². The van der Waals surface area contributed by atoms with Crippen molar-refractivity contribution in [1.29, 1.82) is 0 Å². The lowest BCUT2D eigenvalue weighted by molar-refractivity contribution is 0.428. The predicted octanol–water partition coefficient (Wildman–Crippen LogP) is 3.67. The van der Waals surface area contributed by atoms with E-state index in [1.165, 1.54) is 12.1 Å². The highest BCUT2D eigenvalue weighted by Crippen LogP contribution is 2.30. The third-order valence-electron chi connectivity index (χ3n) is 1.76. The Bertz CT molecular complexity index is 441. The number of aromatic nitrogens is 1. The van der Waals surface area contributed by atoms with Gasteiger partial charge in [0.1, 0.15) is 0 Å². The SMILES string of the molecule is Fc1cccc(Cl)c1Oc1ccccn1. The maximum Gasteiger partial charge on any atom is 0.219 e. The highest BCUT2D eigenvalue weighted by atomic mass is 35.5. The average Bonchev–Trinajstić information content (AvgIpc) is 2.25. The Hall–Kier alpha value is -1.61. The predicted molar refractivity (Wildman–Crippen MR) is 55.7 cm³/mol. The van der Waals surface area contributed by atoms with Crippen LogP contribution in [0.3, 0.4) is 0 Å². The lowest BCUT2D eigenvalue weighted by Gasteiger charge is -2.06. The largest absolute Gasteiger partial charge is 0.434 e. The van der Waals surface area contributed by atoms with Gasteiger partial charge in [0, 0.05) is 12.3 Å². The molecule has 0 aliphatic carbocycles. The minimum atomic E-state index is -0.506. The topological polar surface area (TPSA) is 22.1 Å². The summed E-state index contributed by atoms with van der Waals surface area (Å²) in [6.07, 6.45) is 1.56. The van der Waals surface area contributed by atoms with Crippen molar-refractivity contribution >= 4 is 11.6 Å². The van der Waals surface area contributed by atoms with Gasteiger partial charge in [0.2, 0.25) is 5.88 Å². The number of hydrogen-bond donors (Lipinski definition) is 0. The molecule has 2 rings (SSSR count). The molecule has 1 heterocycles. The van der Waals surface area contributed by atoms with E-state index in [1.54, 1.807) is 30.5 Å². The van der Waals surface area contributed by atoms with Crippen LogP contribution in [-0.4, -0.2) is 4.98 Å². The van der Waals surface area contributed by atoms with Crippen LogP contribution < -0.4 is 4.74 Å². The van der Waals surface area contributed by atoms with Crippen molar-refractivity contribution in [3.8, 4) is 11.6 Å². The van der Waals surface area contributed by atoms with E-state index in [4.69, 9.17) is 16.3 Å². The van der Waals surface area contributed by atoms with E-state index >= 15 is 0 Å². The lowest BCUT2D eigenvalue weighted by Crippen LogP contribution is -1.90. The normalized spacial score (nSPS) is 10.0. The summed E-state index contributed by atoms with van der Waals surface area (Å²) in [7, 11) is 0. The van der Waals surface area contributed by atoms with Crippen LogP contribution in [0.2, 0.25) is 5.02 Å². The standard InChI is InChI=1S/C11H7ClFNO/c12-8-4-3-5-9(13)11(8)15-10-6-1-2-7-14-10/h1-7H. The van der Waals surface area contributed by atoms with Crippen LogP contribution in [0.15, 0.2) is 42.6 Å². The molecule has 0 radical (unpaired) electrons. The van der Waals surface area contributed by atoms with Gasteiger partial charge >= 0.3 is 0 Å². The number of ether oxygens (including phenoxy) is 1. The maximum absolute atomic E-state index is 13.3. The summed E-state index contributed by atoms with van der Waals surface area (Å²) in [4.78, 5) is 3.91. The summed E-state index contributed by atoms with van der Waals surface area (Å²) < 4.78 is 18.5. The summed E-state index contributed by atoms with van der Waals surface area (Å²) in [6.45, 7) is 0. The van der Waals surface area contributed by atoms with Crippen LogP contribution in [0, 0.1) is 5.82 Å². The van der Waals surface area contributed by atoms with E-state index in [0.29, 0.717) is 5.88 Å². The minimum absolute atomic E-state index is 0.00198. The first-order chi connectivity index (χ1) is 7.27. The summed E-state index contributed by atoms with van der Waals surface area (Å²) in [6, 6.07) is 9.48. The second-order valence-electron chi connectivity index (χ2n) is 2.82. The molecule has 0 N–H and O–H groups in total. The van der Waals surface area contributed by atoms with Crippen molar-refractivity contribution in [3.05, 3.63) is 53.4 Å². The zero-order chi connectivity index (χ0) is 10.7. The van der Waals surface area contributed by atoms with Crippen molar-refractivity contribution in [2.45, 2.75) is 0 Å². The Morgan fingerprint density at radius 1 is 1.13 bits per heavy atom. The van der Waals surface area contributed by atoms with E-state index in [-0.39, 0.29) is 10.8 Å². The second-order valence-corrected chi connectivity index (χ2v) is 3.23. The molecular weight excluding hydrogens is 217 g/mol. The molecule has 4 heteroatoms. The van der Waals surface area contributed by atoms with Crippen LogP contribution in [-0.2, 0) is 0 Å².